The topological polar surface area (TPSA) is 206 Å². The molecule has 1 saturated heterocycles. The number of primary amides is 1. The molecule has 4 atom stereocenters. The van der Waals surface area contributed by atoms with Gasteiger partial charge in [-0.05, 0) is 56.7 Å². The van der Waals surface area contributed by atoms with E-state index in [1.807, 2.05) is 30.3 Å². The highest BCUT2D eigenvalue weighted by atomic mass is 16.7. The lowest BCUT2D eigenvalue weighted by molar-refractivity contribution is -0.304. The monoisotopic (exact) mass is 619 g/mol. The first-order valence-corrected chi connectivity index (χ1v) is 13.9. The molecule has 0 unspecified atom stereocenters. The van der Waals surface area contributed by atoms with E-state index in [4.69, 9.17) is 34.8 Å². The van der Waals surface area contributed by atoms with Gasteiger partial charge in [0.25, 0.3) is 5.91 Å². The summed E-state index contributed by atoms with van der Waals surface area (Å²) in [6.45, 7) is 4.88. The van der Waals surface area contributed by atoms with Crippen molar-refractivity contribution in [2.75, 3.05) is 18.2 Å². The maximum atomic E-state index is 13.2. The number of anilines is 2. The van der Waals surface area contributed by atoms with Crippen LogP contribution >= 0.6 is 0 Å². The lowest BCUT2D eigenvalue weighted by atomic mass is 9.89. The van der Waals surface area contributed by atoms with Crippen LogP contribution in [0.5, 0.6) is 11.5 Å². The van der Waals surface area contributed by atoms with Gasteiger partial charge < -0.3 is 50.4 Å². The SMILES string of the molecule is CO[C@@H]1[C@@H](OC(N)=O)[C@@H](O)[C@H](Oc2ccc3c(O)c(NC(=O)c4ccc(N)c(-c5ccccc5)c4)c(=O)oc3c2C)OC1(C)C. The first-order valence-electron chi connectivity index (χ1n) is 13.9. The maximum absolute atomic E-state index is 13.2. The minimum absolute atomic E-state index is 0.0314. The van der Waals surface area contributed by atoms with Gasteiger partial charge in [0.05, 0.1) is 11.0 Å². The summed E-state index contributed by atoms with van der Waals surface area (Å²) in [5, 5.41) is 24.6. The first-order chi connectivity index (χ1) is 21.3. The number of amides is 2. The van der Waals surface area contributed by atoms with E-state index in [1.54, 1.807) is 32.9 Å². The highest BCUT2D eigenvalue weighted by molar-refractivity contribution is 6.07. The summed E-state index contributed by atoms with van der Waals surface area (Å²) in [5.74, 6) is -1.06. The summed E-state index contributed by atoms with van der Waals surface area (Å²) in [7, 11) is 1.37. The Morgan fingerprint density at radius 1 is 1.07 bits per heavy atom. The highest BCUT2D eigenvalue weighted by Gasteiger charge is 2.53. The van der Waals surface area contributed by atoms with Crippen LogP contribution in [0.1, 0.15) is 29.8 Å². The van der Waals surface area contributed by atoms with E-state index in [-0.39, 0.29) is 27.8 Å². The maximum Gasteiger partial charge on any atom is 0.404 e. The second-order valence-corrected chi connectivity index (χ2v) is 11.1. The third-order valence-corrected chi connectivity index (χ3v) is 7.65. The van der Waals surface area contributed by atoms with Crippen molar-refractivity contribution in [2.24, 2.45) is 5.73 Å². The van der Waals surface area contributed by atoms with Gasteiger partial charge in [-0.25, -0.2) is 9.59 Å². The Balaban J connectivity index is 1.43. The molecule has 0 aliphatic carbocycles. The quantitative estimate of drug-likeness (QED) is 0.149. The number of nitrogens with one attached hydrogen (secondary N) is 1. The molecule has 1 aliphatic rings. The number of aliphatic hydroxyl groups is 1. The van der Waals surface area contributed by atoms with Crippen LogP contribution in [0.3, 0.4) is 0 Å². The molecule has 7 N–H and O–H groups in total. The average molecular weight is 620 g/mol. The second kappa shape index (κ2) is 12.1. The minimum Gasteiger partial charge on any atom is -0.505 e. The zero-order valence-electron chi connectivity index (χ0n) is 24.9. The Kier molecular flexibility index (Phi) is 8.43. The number of hydrogen-bond acceptors (Lipinski definition) is 11. The fraction of sp³-hybridized carbons (Fsp3) is 0.281. The van der Waals surface area contributed by atoms with Crippen LogP contribution in [0, 0.1) is 6.92 Å². The number of nitrogens with two attached hydrogens (primary N) is 2. The molecule has 0 spiro atoms. The molecule has 45 heavy (non-hydrogen) atoms. The number of aryl methyl sites for hydroxylation is 1. The number of aliphatic hydroxyl groups excluding tert-OH is 1. The van der Waals surface area contributed by atoms with E-state index in [2.05, 4.69) is 5.32 Å². The van der Waals surface area contributed by atoms with Gasteiger partial charge in [0.2, 0.25) is 6.29 Å². The van der Waals surface area contributed by atoms with E-state index in [9.17, 15) is 24.6 Å². The van der Waals surface area contributed by atoms with Crippen LogP contribution in [0.25, 0.3) is 22.1 Å². The number of nitrogen functional groups attached to an aromatic ring is 1. The van der Waals surface area contributed by atoms with Crippen molar-refractivity contribution < 1.29 is 43.2 Å². The van der Waals surface area contributed by atoms with Crippen molar-refractivity contribution >= 4 is 34.3 Å². The largest absolute Gasteiger partial charge is 0.505 e. The fourth-order valence-corrected chi connectivity index (χ4v) is 5.42. The van der Waals surface area contributed by atoms with Gasteiger partial charge in [-0.2, -0.15) is 0 Å². The molecule has 0 radical (unpaired) electrons. The Morgan fingerprint density at radius 3 is 2.44 bits per heavy atom. The molecular formula is C32H33N3O10. The van der Waals surface area contributed by atoms with Crippen molar-refractivity contribution in [3.05, 3.63) is 82.2 Å². The Labute approximate surface area is 257 Å². The van der Waals surface area contributed by atoms with Crippen LogP contribution in [-0.4, -0.2) is 59.5 Å². The van der Waals surface area contributed by atoms with Crippen molar-refractivity contribution in [1.29, 1.82) is 0 Å². The van der Waals surface area contributed by atoms with E-state index in [0.717, 1.165) is 5.56 Å². The molecule has 1 aliphatic heterocycles. The van der Waals surface area contributed by atoms with Gasteiger partial charge in [0.15, 0.2) is 23.6 Å². The summed E-state index contributed by atoms with van der Waals surface area (Å²) < 4.78 is 27.9. The molecule has 4 aromatic rings. The van der Waals surface area contributed by atoms with Crippen molar-refractivity contribution in [2.45, 2.75) is 51.0 Å². The zero-order chi connectivity index (χ0) is 32.6. The van der Waals surface area contributed by atoms with Gasteiger partial charge in [-0.1, -0.05) is 30.3 Å². The van der Waals surface area contributed by atoms with Crippen molar-refractivity contribution in [1.82, 2.24) is 0 Å². The second-order valence-electron chi connectivity index (χ2n) is 11.1. The lowest BCUT2D eigenvalue weighted by Crippen LogP contribution is -2.65. The van der Waals surface area contributed by atoms with Gasteiger partial charge in [-0.3, -0.25) is 4.79 Å². The fourth-order valence-electron chi connectivity index (χ4n) is 5.42. The summed E-state index contributed by atoms with van der Waals surface area (Å²) >= 11 is 0. The van der Waals surface area contributed by atoms with Gasteiger partial charge in [0.1, 0.15) is 17.4 Å². The molecular weight excluding hydrogens is 586 g/mol. The summed E-state index contributed by atoms with van der Waals surface area (Å²) in [6, 6.07) is 16.8. The molecule has 2 heterocycles. The molecule has 1 aromatic heterocycles. The Morgan fingerprint density at radius 2 is 1.78 bits per heavy atom. The minimum atomic E-state index is -1.51. The number of fused-ring (bicyclic) bond motifs is 1. The normalized spacial score (nSPS) is 20.8. The number of hydrogen-bond donors (Lipinski definition) is 5. The molecule has 0 saturated carbocycles. The van der Waals surface area contributed by atoms with Crippen molar-refractivity contribution in [3.8, 4) is 22.6 Å². The molecule has 236 valence electrons. The van der Waals surface area contributed by atoms with E-state index >= 15 is 0 Å². The van der Waals surface area contributed by atoms with E-state index < -0.39 is 59.3 Å². The third-order valence-electron chi connectivity index (χ3n) is 7.65. The zero-order valence-corrected chi connectivity index (χ0v) is 24.9. The number of aromatic hydroxyl groups is 1. The van der Waals surface area contributed by atoms with Crippen LogP contribution in [0.4, 0.5) is 16.2 Å². The predicted molar refractivity (Wildman–Crippen MR) is 164 cm³/mol. The molecule has 13 nitrogen and oxygen atoms in total. The smallest absolute Gasteiger partial charge is 0.404 e. The molecule has 3 aromatic carbocycles. The number of carbonyl (C=O) groups excluding carboxylic acids is 2. The number of carbonyl (C=O) groups is 2. The average Bonchev–Trinajstić information content (AvgIpc) is 2.99. The Bertz CT molecular complexity index is 1820. The van der Waals surface area contributed by atoms with Crippen LogP contribution in [0.15, 0.2) is 69.9 Å². The molecule has 2 amide bonds. The number of methoxy groups -OCH3 is 1. The molecule has 5 rings (SSSR count). The third kappa shape index (κ3) is 6.00. The van der Waals surface area contributed by atoms with Crippen LogP contribution in [0.2, 0.25) is 0 Å². The van der Waals surface area contributed by atoms with Crippen molar-refractivity contribution in [3.63, 3.8) is 0 Å². The predicted octanol–water partition coefficient (Wildman–Crippen LogP) is 3.66. The number of benzene rings is 3. The summed E-state index contributed by atoms with van der Waals surface area (Å²) in [4.78, 5) is 37.7. The summed E-state index contributed by atoms with van der Waals surface area (Å²) in [5.41, 5.74) is 11.1. The van der Waals surface area contributed by atoms with Gasteiger partial charge in [-0.15, -0.1) is 0 Å². The first kappa shape index (κ1) is 31.3. The van der Waals surface area contributed by atoms with Gasteiger partial charge in [0, 0.05) is 29.5 Å². The lowest BCUT2D eigenvalue weighted by Gasteiger charge is -2.47. The van der Waals surface area contributed by atoms with E-state index in [1.165, 1.54) is 25.3 Å². The number of rotatable bonds is 7. The number of ether oxygens (including phenoxy) is 4. The van der Waals surface area contributed by atoms with Gasteiger partial charge >= 0.3 is 11.7 Å². The summed E-state index contributed by atoms with van der Waals surface area (Å²) in [6.07, 6.45) is -6.09. The van der Waals surface area contributed by atoms with Crippen LogP contribution < -0.4 is 27.1 Å². The highest BCUT2D eigenvalue weighted by Crippen LogP contribution is 2.38. The van der Waals surface area contributed by atoms with Crippen LogP contribution in [-0.2, 0) is 14.2 Å². The molecule has 0 bridgehead atoms. The molecule has 13 heteroatoms. The van der Waals surface area contributed by atoms with E-state index in [0.29, 0.717) is 11.3 Å². The Hall–Kier alpha value is -5.11. The molecule has 1 fully saturated rings. The standard InChI is InChI=1S/C32H33N3O10/c1-15-21(42-30-24(37)26(44-31(34)40)27(41-4)32(2,3)45-30)13-11-18-23(36)22(29(39)43-25(15)18)35-28(38)17-10-12-20(33)19(14-17)16-8-6-5-7-9-16/h5-14,24,26-27,30,36-37H,33H2,1-4H3,(H2,34,40)(H,35,38)/t24-,26+,27-,30-/m1/s1.